The maximum absolute atomic E-state index is 12.4. The van der Waals surface area contributed by atoms with Crippen molar-refractivity contribution in [2.24, 2.45) is 11.8 Å². The fourth-order valence-corrected chi connectivity index (χ4v) is 3.70. The molecule has 1 saturated heterocycles. The van der Waals surface area contributed by atoms with Gasteiger partial charge in [-0.05, 0) is 50.7 Å². The zero-order valence-electron chi connectivity index (χ0n) is 14.1. The predicted octanol–water partition coefficient (Wildman–Crippen LogP) is 1.89. The van der Waals surface area contributed by atoms with E-state index in [9.17, 15) is 14.4 Å². The van der Waals surface area contributed by atoms with E-state index in [0.717, 1.165) is 12.8 Å². The van der Waals surface area contributed by atoms with Crippen LogP contribution in [0.15, 0.2) is 22.8 Å². The zero-order chi connectivity index (χ0) is 17.8. The van der Waals surface area contributed by atoms with E-state index in [1.165, 1.54) is 6.26 Å². The van der Waals surface area contributed by atoms with Crippen molar-refractivity contribution in [3.05, 3.63) is 24.2 Å². The number of hydrogen-bond acceptors (Lipinski definition) is 4. The van der Waals surface area contributed by atoms with Crippen LogP contribution in [-0.2, 0) is 9.59 Å². The van der Waals surface area contributed by atoms with Crippen molar-refractivity contribution in [2.45, 2.75) is 44.6 Å². The molecule has 2 N–H and O–H groups in total. The second kappa shape index (κ2) is 7.72. The van der Waals surface area contributed by atoms with Gasteiger partial charge in [-0.25, -0.2) is 0 Å². The van der Waals surface area contributed by atoms with Gasteiger partial charge in [-0.3, -0.25) is 14.4 Å². The third kappa shape index (κ3) is 4.21. The van der Waals surface area contributed by atoms with Crippen molar-refractivity contribution in [2.75, 3.05) is 13.1 Å². The number of aliphatic carboxylic acids is 1. The molecule has 3 rings (SSSR count). The molecule has 0 bridgehead atoms. The Morgan fingerprint density at radius 3 is 2.24 bits per heavy atom. The van der Waals surface area contributed by atoms with Crippen LogP contribution in [0.1, 0.15) is 49.1 Å². The number of piperidine rings is 1. The Kier molecular flexibility index (Phi) is 5.40. The van der Waals surface area contributed by atoms with Crippen LogP contribution in [0, 0.1) is 11.8 Å². The lowest BCUT2D eigenvalue weighted by atomic mass is 9.81. The number of carboxylic acids is 1. The van der Waals surface area contributed by atoms with E-state index in [1.807, 2.05) is 0 Å². The smallest absolute Gasteiger partial charge is 0.306 e. The molecule has 1 aromatic heterocycles. The highest BCUT2D eigenvalue weighted by molar-refractivity contribution is 5.91. The summed E-state index contributed by atoms with van der Waals surface area (Å²) in [6.07, 6.45) is 5.36. The Balaban J connectivity index is 1.42. The van der Waals surface area contributed by atoms with Crippen LogP contribution < -0.4 is 5.32 Å². The molecule has 1 aliphatic heterocycles. The van der Waals surface area contributed by atoms with Gasteiger partial charge in [0.15, 0.2) is 5.76 Å². The number of carbonyl (C=O) groups excluding carboxylic acids is 2. The summed E-state index contributed by atoms with van der Waals surface area (Å²) in [6.45, 7) is 1.19. The second-order valence-electron chi connectivity index (χ2n) is 6.94. The number of rotatable bonds is 4. The molecule has 7 nitrogen and oxygen atoms in total. The summed E-state index contributed by atoms with van der Waals surface area (Å²) in [4.78, 5) is 37.3. The largest absolute Gasteiger partial charge is 0.481 e. The van der Waals surface area contributed by atoms with Crippen LogP contribution in [0.4, 0.5) is 0 Å². The predicted molar refractivity (Wildman–Crippen MR) is 88.9 cm³/mol. The monoisotopic (exact) mass is 348 g/mol. The molecule has 2 aliphatic rings. The third-order valence-electron chi connectivity index (χ3n) is 5.31. The van der Waals surface area contributed by atoms with Crippen LogP contribution >= 0.6 is 0 Å². The molecule has 2 amide bonds. The topological polar surface area (TPSA) is 99.8 Å². The minimum Gasteiger partial charge on any atom is -0.481 e. The summed E-state index contributed by atoms with van der Waals surface area (Å²) < 4.78 is 5.14. The fraction of sp³-hybridized carbons (Fsp3) is 0.611. The lowest BCUT2D eigenvalue weighted by Crippen LogP contribution is -2.48. The molecule has 1 aromatic rings. The Labute approximate surface area is 146 Å². The van der Waals surface area contributed by atoms with E-state index in [2.05, 4.69) is 5.32 Å². The number of nitrogens with zero attached hydrogens (tertiary/aromatic N) is 1. The van der Waals surface area contributed by atoms with Gasteiger partial charge >= 0.3 is 5.97 Å². The first-order valence-corrected chi connectivity index (χ1v) is 8.90. The molecular formula is C18H24N2O5. The number of likely N-dealkylation sites (tertiary alicyclic amines) is 1. The molecule has 2 heterocycles. The molecule has 25 heavy (non-hydrogen) atoms. The van der Waals surface area contributed by atoms with Gasteiger partial charge in [-0.15, -0.1) is 0 Å². The third-order valence-corrected chi connectivity index (χ3v) is 5.31. The summed E-state index contributed by atoms with van der Waals surface area (Å²) in [5, 5.41) is 12.1. The van der Waals surface area contributed by atoms with Gasteiger partial charge in [0, 0.05) is 25.0 Å². The molecular weight excluding hydrogens is 324 g/mol. The second-order valence-corrected chi connectivity index (χ2v) is 6.94. The Morgan fingerprint density at radius 2 is 1.68 bits per heavy atom. The highest BCUT2D eigenvalue weighted by Crippen LogP contribution is 2.29. The van der Waals surface area contributed by atoms with Gasteiger partial charge in [0.2, 0.25) is 5.91 Å². The number of carbonyl (C=O) groups is 3. The van der Waals surface area contributed by atoms with Crippen LogP contribution in [0.5, 0.6) is 0 Å². The van der Waals surface area contributed by atoms with Crippen molar-refractivity contribution in [3.8, 4) is 0 Å². The Hall–Kier alpha value is -2.31. The van der Waals surface area contributed by atoms with E-state index in [0.29, 0.717) is 44.5 Å². The highest BCUT2D eigenvalue weighted by atomic mass is 16.4. The van der Waals surface area contributed by atoms with Gasteiger partial charge < -0.3 is 19.7 Å². The minimum absolute atomic E-state index is 0.0275. The van der Waals surface area contributed by atoms with Gasteiger partial charge in [0.05, 0.1) is 12.2 Å². The molecule has 0 radical (unpaired) electrons. The molecule has 1 saturated carbocycles. The standard InChI is InChI=1S/C18H24N2O5/c21-16(12-3-5-13(6-4-12)18(23)24)19-14-7-9-20(10-8-14)17(22)15-2-1-11-25-15/h1-2,11-14H,3-10H2,(H,19,21)(H,23,24). The van der Waals surface area contributed by atoms with Crippen molar-refractivity contribution < 1.29 is 23.9 Å². The highest BCUT2D eigenvalue weighted by Gasteiger charge is 2.32. The fourth-order valence-electron chi connectivity index (χ4n) is 3.70. The van der Waals surface area contributed by atoms with Gasteiger partial charge in [-0.1, -0.05) is 0 Å². The van der Waals surface area contributed by atoms with Gasteiger partial charge in [-0.2, -0.15) is 0 Å². The van der Waals surface area contributed by atoms with E-state index >= 15 is 0 Å². The number of furan rings is 1. The van der Waals surface area contributed by atoms with Crippen molar-refractivity contribution in [1.29, 1.82) is 0 Å². The zero-order valence-corrected chi connectivity index (χ0v) is 14.1. The van der Waals surface area contributed by atoms with Crippen LogP contribution in [0.2, 0.25) is 0 Å². The molecule has 0 atom stereocenters. The van der Waals surface area contributed by atoms with E-state index in [-0.39, 0.29) is 29.7 Å². The maximum atomic E-state index is 12.4. The van der Waals surface area contributed by atoms with Gasteiger partial charge in [0.25, 0.3) is 5.91 Å². The molecule has 136 valence electrons. The first-order valence-electron chi connectivity index (χ1n) is 8.90. The molecule has 0 aromatic carbocycles. The summed E-state index contributed by atoms with van der Waals surface area (Å²) in [6, 6.07) is 3.42. The summed E-state index contributed by atoms with van der Waals surface area (Å²) in [5.41, 5.74) is 0. The Bertz CT molecular complexity index is 611. The lowest BCUT2D eigenvalue weighted by Gasteiger charge is -2.33. The minimum atomic E-state index is -0.757. The van der Waals surface area contributed by atoms with Crippen LogP contribution in [0.25, 0.3) is 0 Å². The molecule has 1 aliphatic carbocycles. The normalized spacial score (nSPS) is 24.7. The summed E-state index contributed by atoms with van der Waals surface area (Å²) in [7, 11) is 0. The van der Waals surface area contributed by atoms with Crippen molar-refractivity contribution in [3.63, 3.8) is 0 Å². The number of carboxylic acid groups (broad SMARTS) is 1. The van der Waals surface area contributed by atoms with Crippen LogP contribution in [0.3, 0.4) is 0 Å². The summed E-state index contributed by atoms with van der Waals surface area (Å²) in [5.74, 6) is -0.884. The van der Waals surface area contributed by atoms with E-state index in [4.69, 9.17) is 9.52 Å². The van der Waals surface area contributed by atoms with E-state index in [1.54, 1.807) is 17.0 Å². The average Bonchev–Trinajstić information content (AvgIpc) is 3.16. The van der Waals surface area contributed by atoms with Crippen molar-refractivity contribution >= 4 is 17.8 Å². The SMILES string of the molecule is O=C(O)C1CCC(C(=O)NC2CCN(C(=O)c3ccco3)CC2)CC1. The van der Waals surface area contributed by atoms with Crippen molar-refractivity contribution in [1.82, 2.24) is 10.2 Å². The van der Waals surface area contributed by atoms with E-state index < -0.39 is 5.97 Å². The first kappa shape index (κ1) is 17.5. The molecule has 0 unspecified atom stereocenters. The molecule has 7 heteroatoms. The molecule has 0 spiro atoms. The van der Waals surface area contributed by atoms with Crippen LogP contribution in [-0.4, -0.2) is 46.9 Å². The number of amides is 2. The number of nitrogens with one attached hydrogen (secondary N) is 1. The maximum Gasteiger partial charge on any atom is 0.306 e. The molecule has 2 fully saturated rings. The van der Waals surface area contributed by atoms with Gasteiger partial charge in [0.1, 0.15) is 0 Å². The lowest BCUT2D eigenvalue weighted by molar-refractivity contribution is -0.144. The average molecular weight is 348 g/mol. The summed E-state index contributed by atoms with van der Waals surface area (Å²) >= 11 is 0. The first-order chi connectivity index (χ1) is 12.0. The number of hydrogen-bond donors (Lipinski definition) is 2. The quantitative estimate of drug-likeness (QED) is 0.865. The Morgan fingerprint density at radius 1 is 1.04 bits per heavy atom.